The second-order valence-corrected chi connectivity index (χ2v) is 6.06. The molecule has 10 heteroatoms. The first-order valence-electron chi connectivity index (χ1n) is 8.09. The lowest BCUT2D eigenvalue weighted by atomic mass is 10.1. The van der Waals surface area contributed by atoms with Crippen molar-refractivity contribution < 1.29 is 27.6 Å². The molecule has 2 rings (SSSR count). The molecule has 0 bridgehead atoms. The zero-order chi connectivity index (χ0) is 20.9. The minimum atomic E-state index is -4.67. The summed E-state index contributed by atoms with van der Waals surface area (Å²) in [6, 6.07) is 8.96. The Morgan fingerprint density at radius 1 is 1.21 bits per heavy atom. The van der Waals surface area contributed by atoms with Gasteiger partial charge in [0, 0.05) is 26.7 Å². The quantitative estimate of drug-likeness (QED) is 0.569. The molecule has 0 fully saturated rings. The Morgan fingerprint density at radius 3 is 2.54 bits per heavy atom. The van der Waals surface area contributed by atoms with Crippen LogP contribution in [-0.2, 0) is 17.5 Å². The fraction of sp³-hybridized carbons (Fsp3) is 0.278. The van der Waals surface area contributed by atoms with Gasteiger partial charge in [0.2, 0.25) is 0 Å². The first-order chi connectivity index (χ1) is 13.1. The molecule has 1 amide bonds. The van der Waals surface area contributed by atoms with Crippen LogP contribution in [0.3, 0.4) is 0 Å². The number of hydrogen-bond donors (Lipinski definition) is 1. The van der Waals surface area contributed by atoms with Crippen LogP contribution in [0.1, 0.15) is 11.1 Å². The number of likely N-dealkylation sites (N-methyl/N-ethyl adjacent to an activating group) is 1. The van der Waals surface area contributed by atoms with Crippen LogP contribution in [0, 0.1) is 10.1 Å². The van der Waals surface area contributed by atoms with Gasteiger partial charge in [-0.25, -0.2) is 0 Å². The van der Waals surface area contributed by atoms with Crippen LogP contribution in [-0.4, -0.2) is 36.4 Å². The molecule has 0 saturated carbocycles. The molecule has 0 aliphatic heterocycles. The molecule has 0 heterocycles. The van der Waals surface area contributed by atoms with Crippen molar-refractivity contribution in [1.82, 2.24) is 4.90 Å². The second kappa shape index (κ2) is 8.59. The van der Waals surface area contributed by atoms with Gasteiger partial charge in [0.1, 0.15) is 11.4 Å². The minimum Gasteiger partial charge on any atom is -0.484 e. The molecule has 0 saturated heterocycles. The van der Waals surface area contributed by atoms with Crippen LogP contribution in [0.15, 0.2) is 42.5 Å². The third kappa shape index (κ3) is 5.60. The van der Waals surface area contributed by atoms with Crippen LogP contribution < -0.4 is 10.1 Å². The number of hydrogen-bond acceptors (Lipinski definition) is 5. The third-order valence-corrected chi connectivity index (χ3v) is 3.76. The highest BCUT2D eigenvalue weighted by Gasteiger charge is 2.33. The summed E-state index contributed by atoms with van der Waals surface area (Å²) >= 11 is 0. The topological polar surface area (TPSA) is 84.7 Å². The molecule has 28 heavy (non-hydrogen) atoms. The summed E-state index contributed by atoms with van der Waals surface area (Å²) in [6.45, 7) is -0.0285. The van der Waals surface area contributed by atoms with E-state index in [1.54, 1.807) is 38.4 Å². The van der Waals surface area contributed by atoms with E-state index in [-0.39, 0.29) is 24.7 Å². The van der Waals surface area contributed by atoms with Gasteiger partial charge in [0.25, 0.3) is 11.6 Å². The number of anilines is 1. The standard InChI is InChI=1S/C18H18F3N3O4/c1-23(2)17(25)11-28-14-5-3-4-12(8-14)10-22-15-7-6-13(18(19,20)21)9-16(15)24(26)27/h3-9,22H,10-11H2,1-2H3. The predicted octanol–water partition coefficient (Wildman–Crippen LogP) is 3.69. The van der Waals surface area contributed by atoms with E-state index in [4.69, 9.17) is 4.74 Å². The van der Waals surface area contributed by atoms with Crippen molar-refractivity contribution in [3.8, 4) is 5.75 Å². The Labute approximate surface area is 158 Å². The maximum atomic E-state index is 12.8. The monoisotopic (exact) mass is 397 g/mol. The largest absolute Gasteiger partial charge is 0.484 e. The van der Waals surface area contributed by atoms with E-state index in [2.05, 4.69) is 5.32 Å². The van der Waals surface area contributed by atoms with Crippen molar-refractivity contribution in [3.63, 3.8) is 0 Å². The highest BCUT2D eigenvalue weighted by molar-refractivity contribution is 5.77. The van der Waals surface area contributed by atoms with Crippen LogP contribution >= 0.6 is 0 Å². The summed E-state index contributed by atoms with van der Waals surface area (Å²) in [6.07, 6.45) is -4.67. The van der Waals surface area contributed by atoms with Gasteiger partial charge < -0.3 is 15.0 Å². The SMILES string of the molecule is CN(C)C(=O)COc1cccc(CNc2ccc(C(F)(F)F)cc2[N+](=O)[O-])c1. The van der Waals surface area contributed by atoms with Crippen LogP contribution in [0.2, 0.25) is 0 Å². The average Bonchev–Trinajstić information content (AvgIpc) is 2.63. The molecule has 2 aromatic carbocycles. The molecule has 0 radical (unpaired) electrons. The van der Waals surface area contributed by atoms with Crippen molar-refractivity contribution >= 4 is 17.3 Å². The van der Waals surface area contributed by atoms with Gasteiger partial charge in [-0.3, -0.25) is 14.9 Å². The summed E-state index contributed by atoms with van der Waals surface area (Å²) in [5.74, 6) is 0.209. The zero-order valence-electron chi connectivity index (χ0n) is 15.1. The molecule has 7 nitrogen and oxygen atoms in total. The smallest absolute Gasteiger partial charge is 0.416 e. The van der Waals surface area contributed by atoms with E-state index < -0.39 is 22.4 Å². The van der Waals surface area contributed by atoms with Gasteiger partial charge >= 0.3 is 6.18 Å². The Hall–Kier alpha value is -3.30. The van der Waals surface area contributed by atoms with Crippen molar-refractivity contribution in [2.45, 2.75) is 12.7 Å². The van der Waals surface area contributed by atoms with E-state index in [9.17, 15) is 28.1 Å². The Kier molecular flexibility index (Phi) is 6.45. The maximum Gasteiger partial charge on any atom is 0.416 e. The lowest BCUT2D eigenvalue weighted by Crippen LogP contribution is -2.27. The minimum absolute atomic E-state index is 0.0351. The summed E-state index contributed by atoms with van der Waals surface area (Å²) in [4.78, 5) is 23.2. The number of carbonyl (C=O) groups excluding carboxylic acids is 1. The van der Waals surface area contributed by atoms with E-state index >= 15 is 0 Å². The Bertz CT molecular complexity index is 869. The van der Waals surface area contributed by atoms with Gasteiger partial charge in [-0.2, -0.15) is 13.2 Å². The molecule has 0 spiro atoms. The number of nitrogens with zero attached hydrogens (tertiary/aromatic N) is 2. The number of halogens is 3. The number of ether oxygens (including phenoxy) is 1. The van der Waals surface area contributed by atoms with E-state index in [1.165, 1.54) is 4.90 Å². The normalized spacial score (nSPS) is 11.0. The molecular weight excluding hydrogens is 379 g/mol. The molecule has 0 aliphatic carbocycles. The summed E-state index contributed by atoms with van der Waals surface area (Å²) in [5, 5.41) is 13.9. The lowest BCUT2D eigenvalue weighted by molar-refractivity contribution is -0.384. The number of benzene rings is 2. The number of nitro benzene ring substituents is 1. The molecule has 2 aromatic rings. The maximum absolute atomic E-state index is 12.8. The van der Waals surface area contributed by atoms with Gasteiger partial charge in [-0.15, -0.1) is 0 Å². The predicted molar refractivity (Wildman–Crippen MR) is 96.1 cm³/mol. The van der Waals surface area contributed by atoms with Gasteiger partial charge in [-0.05, 0) is 29.8 Å². The van der Waals surface area contributed by atoms with Crippen molar-refractivity contribution in [2.24, 2.45) is 0 Å². The summed E-state index contributed by atoms with van der Waals surface area (Å²) in [5.41, 5.74) is -1.12. The Balaban J connectivity index is 2.10. The summed E-state index contributed by atoms with van der Waals surface area (Å²) in [7, 11) is 3.20. The first kappa shape index (κ1) is 21.0. The zero-order valence-corrected chi connectivity index (χ0v) is 15.1. The van der Waals surface area contributed by atoms with Gasteiger partial charge in [0.15, 0.2) is 6.61 Å². The van der Waals surface area contributed by atoms with Gasteiger partial charge in [0.05, 0.1) is 10.5 Å². The fourth-order valence-corrected chi connectivity index (χ4v) is 2.23. The number of carbonyl (C=O) groups is 1. The fourth-order valence-electron chi connectivity index (χ4n) is 2.23. The highest BCUT2D eigenvalue weighted by atomic mass is 19.4. The molecule has 0 aromatic heterocycles. The van der Waals surface area contributed by atoms with Crippen LogP contribution in [0.5, 0.6) is 5.75 Å². The first-order valence-corrected chi connectivity index (χ1v) is 8.09. The molecule has 0 aliphatic rings. The van der Waals surface area contributed by atoms with Crippen molar-refractivity contribution in [3.05, 3.63) is 63.7 Å². The van der Waals surface area contributed by atoms with Crippen LogP contribution in [0.4, 0.5) is 24.5 Å². The molecule has 0 unspecified atom stereocenters. The number of amides is 1. The van der Waals surface area contributed by atoms with Crippen molar-refractivity contribution in [2.75, 3.05) is 26.0 Å². The molecule has 0 atom stereocenters. The molecule has 150 valence electrons. The average molecular weight is 397 g/mol. The number of rotatable bonds is 7. The lowest BCUT2D eigenvalue weighted by Gasteiger charge is -2.13. The summed E-state index contributed by atoms with van der Waals surface area (Å²) < 4.78 is 43.6. The number of nitrogens with one attached hydrogen (secondary N) is 1. The number of alkyl halides is 3. The Morgan fingerprint density at radius 2 is 1.93 bits per heavy atom. The number of nitro groups is 1. The third-order valence-electron chi connectivity index (χ3n) is 3.76. The highest BCUT2D eigenvalue weighted by Crippen LogP contribution is 2.35. The van der Waals surface area contributed by atoms with E-state index in [0.717, 1.165) is 12.1 Å². The molecule has 1 N–H and O–H groups in total. The van der Waals surface area contributed by atoms with Gasteiger partial charge in [-0.1, -0.05) is 12.1 Å². The second-order valence-electron chi connectivity index (χ2n) is 6.06. The molecular formula is C18H18F3N3O4. The van der Waals surface area contributed by atoms with E-state index in [1.807, 2.05) is 0 Å². The van der Waals surface area contributed by atoms with E-state index in [0.29, 0.717) is 17.4 Å². The van der Waals surface area contributed by atoms with Crippen molar-refractivity contribution in [1.29, 1.82) is 0 Å². The van der Waals surface area contributed by atoms with Crippen LogP contribution in [0.25, 0.3) is 0 Å².